The Hall–Kier alpha value is -1.09. The molecule has 2 rings (SSSR count). The zero-order chi connectivity index (χ0) is 7.84. The van der Waals surface area contributed by atoms with E-state index in [1.54, 1.807) is 12.1 Å². The summed E-state index contributed by atoms with van der Waals surface area (Å²) in [4.78, 5) is 0. The Bertz CT molecular complexity index is 257. The molecule has 1 aliphatic heterocycles. The number of nitrogens with zero attached hydrogens (tertiary/aromatic N) is 1. The molecule has 1 aromatic rings. The lowest BCUT2D eigenvalue weighted by Crippen LogP contribution is -2.23. The molecular weight excluding hydrogens is 142 g/mol. The zero-order valence-electron chi connectivity index (χ0n) is 6.23. The van der Waals surface area contributed by atoms with Crippen LogP contribution in [0, 0.1) is 5.21 Å². The molecule has 1 fully saturated rings. The van der Waals surface area contributed by atoms with Gasteiger partial charge in [0.1, 0.15) is 6.10 Å². The second kappa shape index (κ2) is 2.20. The van der Waals surface area contributed by atoms with Crippen molar-refractivity contribution in [1.29, 1.82) is 0 Å². The van der Waals surface area contributed by atoms with Gasteiger partial charge in [0.2, 0.25) is 0 Å². The van der Waals surface area contributed by atoms with Crippen molar-refractivity contribution in [2.24, 2.45) is 0 Å². The zero-order valence-corrected chi connectivity index (χ0v) is 6.23. The van der Waals surface area contributed by atoms with E-state index < -0.39 is 0 Å². The molecule has 0 N–H and O–H groups in total. The molecule has 1 aromatic heterocycles. The quantitative estimate of drug-likeness (QED) is 0.338. The molecule has 0 radical (unpaired) electrons. The van der Waals surface area contributed by atoms with Crippen LogP contribution in [0.3, 0.4) is 0 Å². The molecule has 1 aliphatic rings. The van der Waals surface area contributed by atoms with Gasteiger partial charge < -0.3 is 9.94 Å². The van der Waals surface area contributed by atoms with Crippen LogP contribution in [-0.4, -0.2) is 6.10 Å². The summed E-state index contributed by atoms with van der Waals surface area (Å²) >= 11 is 0. The molecule has 2 heterocycles. The summed E-state index contributed by atoms with van der Waals surface area (Å²) in [5, 5.41) is 10.6. The van der Waals surface area contributed by atoms with Crippen LogP contribution in [0.4, 0.5) is 0 Å². The molecule has 58 valence electrons. The number of rotatable bonds is 1. The van der Waals surface area contributed by atoms with Crippen molar-refractivity contribution < 1.29 is 9.47 Å². The smallest absolute Gasteiger partial charge is 0.180 e. The predicted molar refractivity (Wildman–Crippen MR) is 38.7 cm³/mol. The Labute approximate surface area is 64.8 Å². The van der Waals surface area contributed by atoms with Gasteiger partial charge >= 0.3 is 0 Å². The monoisotopic (exact) mass is 151 g/mol. The van der Waals surface area contributed by atoms with E-state index in [1.807, 2.05) is 6.92 Å². The largest absolute Gasteiger partial charge is 0.619 e. The van der Waals surface area contributed by atoms with Gasteiger partial charge in [-0.2, -0.15) is 4.73 Å². The summed E-state index contributed by atoms with van der Waals surface area (Å²) in [5.41, 5.74) is 1.09. The van der Waals surface area contributed by atoms with E-state index in [0.717, 1.165) is 10.3 Å². The summed E-state index contributed by atoms with van der Waals surface area (Å²) in [5.74, 6) is 0. The number of hydrogen-bond donors (Lipinski definition) is 0. The second-order valence-electron chi connectivity index (χ2n) is 2.75. The van der Waals surface area contributed by atoms with Gasteiger partial charge in [0.05, 0.1) is 6.10 Å². The average molecular weight is 151 g/mol. The van der Waals surface area contributed by atoms with E-state index in [0.29, 0.717) is 6.10 Å². The van der Waals surface area contributed by atoms with E-state index >= 15 is 0 Å². The van der Waals surface area contributed by atoms with Gasteiger partial charge in [-0.05, 0) is 12.5 Å². The lowest BCUT2D eigenvalue weighted by Gasteiger charge is -1.95. The third-order valence-electron chi connectivity index (χ3n) is 1.87. The number of aromatic nitrogens is 1. The van der Waals surface area contributed by atoms with Crippen LogP contribution in [0.2, 0.25) is 0 Å². The molecule has 0 saturated carbocycles. The molecule has 3 nitrogen and oxygen atoms in total. The highest BCUT2D eigenvalue weighted by Gasteiger charge is 2.35. The van der Waals surface area contributed by atoms with Gasteiger partial charge in [-0.1, -0.05) is 0 Å². The minimum atomic E-state index is 0.219. The van der Waals surface area contributed by atoms with Crippen molar-refractivity contribution in [2.75, 3.05) is 0 Å². The Morgan fingerprint density at radius 3 is 2.45 bits per heavy atom. The lowest BCUT2D eigenvalue weighted by atomic mass is 10.2. The highest BCUT2D eigenvalue weighted by molar-refractivity contribution is 5.16. The topological polar surface area (TPSA) is 39.5 Å². The fraction of sp³-hybridized carbons (Fsp3) is 0.375. The predicted octanol–water partition coefficient (Wildman–Crippen LogP) is 0.780. The van der Waals surface area contributed by atoms with Crippen LogP contribution >= 0.6 is 0 Å². The fourth-order valence-electron chi connectivity index (χ4n) is 1.15. The van der Waals surface area contributed by atoms with E-state index in [4.69, 9.17) is 4.74 Å². The molecule has 0 amide bonds. The summed E-state index contributed by atoms with van der Waals surface area (Å²) in [6, 6.07) is 3.59. The normalized spacial score (nSPS) is 28.5. The van der Waals surface area contributed by atoms with Crippen LogP contribution < -0.4 is 4.73 Å². The van der Waals surface area contributed by atoms with Crippen molar-refractivity contribution in [3.63, 3.8) is 0 Å². The maximum absolute atomic E-state index is 10.6. The van der Waals surface area contributed by atoms with E-state index in [1.165, 1.54) is 12.4 Å². The molecule has 11 heavy (non-hydrogen) atoms. The summed E-state index contributed by atoms with van der Waals surface area (Å²) in [6.07, 6.45) is 3.52. The summed E-state index contributed by atoms with van der Waals surface area (Å²) in [7, 11) is 0. The number of pyridine rings is 1. The van der Waals surface area contributed by atoms with Crippen molar-refractivity contribution >= 4 is 0 Å². The molecule has 0 aliphatic carbocycles. The molecule has 0 unspecified atom stereocenters. The first-order valence-corrected chi connectivity index (χ1v) is 3.61. The highest BCUT2D eigenvalue weighted by atomic mass is 16.6. The van der Waals surface area contributed by atoms with Crippen molar-refractivity contribution in [2.45, 2.75) is 19.1 Å². The van der Waals surface area contributed by atoms with Gasteiger partial charge in [-0.15, -0.1) is 0 Å². The number of ether oxygens (including phenoxy) is 1. The minimum Gasteiger partial charge on any atom is -0.619 e. The second-order valence-corrected chi connectivity index (χ2v) is 2.75. The Balaban J connectivity index is 2.21. The molecule has 3 heteroatoms. The first-order chi connectivity index (χ1) is 5.27. The van der Waals surface area contributed by atoms with E-state index in [2.05, 4.69) is 0 Å². The van der Waals surface area contributed by atoms with Crippen LogP contribution in [0.1, 0.15) is 18.6 Å². The van der Waals surface area contributed by atoms with E-state index in [-0.39, 0.29) is 6.10 Å². The van der Waals surface area contributed by atoms with Gasteiger partial charge in [-0.25, -0.2) is 0 Å². The summed E-state index contributed by atoms with van der Waals surface area (Å²) in [6.45, 7) is 2.02. The molecule has 0 spiro atoms. The summed E-state index contributed by atoms with van der Waals surface area (Å²) < 4.78 is 6.01. The van der Waals surface area contributed by atoms with Crippen LogP contribution in [0.15, 0.2) is 24.5 Å². The molecule has 0 bridgehead atoms. The fourth-order valence-corrected chi connectivity index (χ4v) is 1.15. The van der Waals surface area contributed by atoms with Gasteiger partial charge in [0.25, 0.3) is 0 Å². The molecule has 0 aromatic carbocycles. The molecular formula is C8H9NO2. The standard InChI is InChI=1S/C8H9NO2/c1-6-8(11-6)7-2-4-9(10)5-3-7/h2-6,8H,1H3/t6-,8-/m0/s1. The third kappa shape index (κ3) is 1.19. The highest BCUT2D eigenvalue weighted by Crippen LogP contribution is 2.37. The van der Waals surface area contributed by atoms with E-state index in [9.17, 15) is 5.21 Å². The number of hydrogen-bond acceptors (Lipinski definition) is 2. The van der Waals surface area contributed by atoms with Crippen molar-refractivity contribution in [3.05, 3.63) is 35.3 Å². The Kier molecular flexibility index (Phi) is 1.32. The molecule has 2 atom stereocenters. The van der Waals surface area contributed by atoms with Crippen LogP contribution in [-0.2, 0) is 4.74 Å². The number of epoxide rings is 1. The van der Waals surface area contributed by atoms with Gasteiger partial charge in [0, 0.05) is 12.1 Å². The van der Waals surface area contributed by atoms with Crippen molar-refractivity contribution in [1.82, 2.24) is 0 Å². The Morgan fingerprint density at radius 1 is 1.45 bits per heavy atom. The van der Waals surface area contributed by atoms with Crippen LogP contribution in [0.5, 0.6) is 0 Å². The Morgan fingerprint density at radius 2 is 2.00 bits per heavy atom. The minimum absolute atomic E-state index is 0.219. The first kappa shape index (κ1) is 6.61. The average Bonchev–Trinajstić information content (AvgIpc) is 2.69. The maximum atomic E-state index is 10.6. The SMILES string of the molecule is C[C@@H]1O[C@@H]1c1cc[n+]([O-])cc1. The molecule has 1 saturated heterocycles. The van der Waals surface area contributed by atoms with Crippen molar-refractivity contribution in [3.8, 4) is 0 Å². The van der Waals surface area contributed by atoms with Gasteiger partial charge in [0.15, 0.2) is 12.4 Å². The van der Waals surface area contributed by atoms with Gasteiger partial charge in [-0.3, -0.25) is 0 Å². The maximum Gasteiger partial charge on any atom is 0.180 e. The lowest BCUT2D eigenvalue weighted by molar-refractivity contribution is -0.605. The first-order valence-electron chi connectivity index (χ1n) is 3.61. The third-order valence-corrected chi connectivity index (χ3v) is 1.87. The van der Waals surface area contributed by atoms with Crippen LogP contribution in [0.25, 0.3) is 0 Å².